The van der Waals surface area contributed by atoms with Gasteiger partial charge in [-0.15, -0.1) is 11.3 Å². The maximum Gasteiger partial charge on any atom is 0.258 e. The Morgan fingerprint density at radius 2 is 2.22 bits per heavy atom. The first kappa shape index (κ1) is 11.8. The molecule has 2 N–H and O–H groups in total. The van der Waals surface area contributed by atoms with Crippen LogP contribution in [0, 0.1) is 0 Å². The largest absolute Gasteiger partial charge is 0.328 e. The predicted molar refractivity (Wildman–Crippen MR) is 71.8 cm³/mol. The van der Waals surface area contributed by atoms with Crippen LogP contribution in [0.1, 0.15) is 18.5 Å². The Morgan fingerprint density at radius 3 is 3.00 bits per heavy atom. The van der Waals surface area contributed by atoms with Crippen LogP contribution in [0.4, 0.5) is 0 Å². The number of thiazole rings is 1. The smallest absolute Gasteiger partial charge is 0.258 e. The van der Waals surface area contributed by atoms with E-state index in [0.29, 0.717) is 6.04 Å². The SMILES string of the molecule is NC1CCN(Cc2cc(=O)n3ccsc3n2)CC1. The topological polar surface area (TPSA) is 63.6 Å². The first-order valence-electron chi connectivity index (χ1n) is 6.16. The second kappa shape index (κ2) is 4.79. The van der Waals surface area contributed by atoms with Crippen molar-refractivity contribution < 1.29 is 0 Å². The molecule has 0 aromatic carbocycles. The third-order valence-electron chi connectivity index (χ3n) is 3.37. The fourth-order valence-electron chi connectivity index (χ4n) is 2.31. The molecule has 0 bridgehead atoms. The maximum absolute atomic E-state index is 11.8. The average Bonchev–Trinajstić information content (AvgIpc) is 2.81. The molecule has 2 aromatic rings. The molecule has 0 aliphatic carbocycles. The zero-order chi connectivity index (χ0) is 12.5. The van der Waals surface area contributed by atoms with Gasteiger partial charge in [-0.1, -0.05) is 0 Å². The van der Waals surface area contributed by atoms with Gasteiger partial charge in [0.2, 0.25) is 0 Å². The van der Waals surface area contributed by atoms with Crippen molar-refractivity contribution in [1.29, 1.82) is 0 Å². The van der Waals surface area contributed by atoms with Crippen LogP contribution in [0.2, 0.25) is 0 Å². The molecule has 0 spiro atoms. The van der Waals surface area contributed by atoms with E-state index in [-0.39, 0.29) is 5.56 Å². The number of aromatic nitrogens is 2. The third kappa shape index (κ3) is 2.31. The summed E-state index contributed by atoms with van der Waals surface area (Å²) in [6.45, 7) is 2.73. The van der Waals surface area contributed by atoms with Gasteiger partial charge in [0, 0.05) is 43.3 Å². The molecule has 0 saturated carbocycles. The lowest BCUT2D eigenvalue weighted by atomic mass is 10.1. The maximum atomic E-state index is 11.8. The molecule has 0 unspecified atom stereocenters. The van der Waals surface area contributed by atoms with E-state index < -0.39 is 0 Å². The molecule has 96 valence electrons. The Labute approximate surface area is 109 Å². The molecule has 1 saturated heterocycles. The van der Waals surface area contributed by atoms with Gasteiger partial charge in [0.1, 0.15) is 0 Å². The second-order valence-electron chi connectivity index (χ2n) is 4.75. The van der Waals surface area contributed by atoms with Crippen molar-refractivity contribution in [2.75, 3.05) is 13.1 Å². The molecule has 0 radical (unpaired) electrons. The number of nitrogens with zero attached hydrogens (tertiary/aromatic N) is 3. The number of nitrogens with two attached hydrogens (primary N) is 1. The van der Waals surface area contributed by atoms with Crippen molar-refractivity contribution in [1.82, 2.24) is 14.3 Å². The molecule has 5 nitrogen and oxygen atoms in total. The highest BCUT2D eigenvalue weighted by Gasteiger charge is 2.16. The molecule has 1 fully saturated rings. The van der Waals surface area contributed by atoms with Crippen LogP contribution in [0.15, 0.2) is 22.4 Å². The fraction of sp³-hybridized carbons (Fsp3) is 0.500. The molecule has 2 aromatic heterocycles. The summed E-state index contributed by atoms with van der Waals surface area (Å²) >= 11 is 1.49. The van der Waals surface area contributed by atoms with Gasteiger partial charge in [-0.25, -0.2) is 4.98 Å². The minimum Gasteiger partial charge on any atom is -0.328 e. The molecular weight excluding hydrogens is 248 g/mol. The van der Waals surface area contributed by atoms with Crippen molar-refractivity contribution in [3.05, 3.63) is 33.7 Å². The zero-order valence-corrected chi connectivity index (χ0v) is 10.9. The Bertz CT molecular complexity index is 597. The highest BCUT2D eigenvalue weighted by atomic mass is 32.1. The van der Waals surface area contributed by atoms with E-state index in [1.54, 1.807) is 16.7 Å². The Kier molecular flexibility index (Phi) is 3.15. The van der Waals surface area contributed by atoms with E-state index >= 15 is 0 Å². The van der Waals surface area contributed by atoms with Gasteiger partial charge in [-0.05, 0) is 12.8 Å². The molecule has 1 aliphatic rings. The number of likely N-dealkylation sites (tertiary alicyclic amines) is 1. The monoisotopic (exact) mass is 264 g/mol. The van der Waals surface area contributed by atoms with E-state index in [0.717, 1.165) is 43.1 Å². The summed E-state index contributed by atoms with van der Waals surface area (Å²) in [5, 5.41) is 1.88. The normalized spacial score (nSPS) is 18.5. The van der Waals surface area contributed by atoms with Crippen molar-refractivity contribution in [3.8, 4) is 0 Å². The lowest BCUT2D eigenvalue weighted by Gasteiger charge is -2.29. The summed E-state index contributed by atoms with van der Waals surface area (Å²) in [7, 11) is 0. The summed E-state index contributed by atoms with van der Waals surface area (Å²) < 4.78 is 1.58. The highest BCUT2D eigenvalue weighted by Crippen LogP contribution is 2.12. The van der Waals surface area contributed by atoms with Crippen LogP contribution in [-0.4, -0.2) is 33.4 Å². The average molecular weight is 264 g/mol. The van der Waals surface area contributed by atoms with Crippen molar-refractivity contribution in [2.45, 2.75) is 25.4 Å². The highest BCUT2D eigenvalue weighted by molar-refractivity contribution is 7.15. The molecule has 0 atom stereocenters. The summed E-state index contributed by atoms with van der Waals surface area (Å²) in [6, 6.07) is 1.97. The van der Waals surface area contributed by atoms with Crippen molar-refractivity contribution in [2.24, 2.45) is 5.73 Å². The number of piperidine rings is 1. The van der Waals surface area contributed by atoms with E-state index in [4.69, 9.17) is 5.73 Å². The molecule has 1 aliphatic heterocycles. The van der Waals surface area contributed by atoms with Crippen LogP contribution >= 0.6 is 11.3 Å². The number of hydrogen-bond donors (Lipinski definition) is 1. The quantitative estimate of drug-likeness (QED) is 0.866. The first-order valence-corrected chi connectivity index (χ1v) is 7.04. The minimum atomic E-state index is 0.00459. The van der Waals surface area contributed by atoms with Crippen LogP contribution in [0.5, 0.6) is 0 Å². The van der Waals surface area contributed by atoms with Crippen LogP contribution in [0.3, 0.4) is 0 Å². The molecule has 6 heteroatoms. The van der Waals surface area contributed by atoms with Crippen LogP contribution in [0.25, 0.3) is 4.96 Å². The van der Waals surface area contributed by atoms with Gasteiger partial charge in [-0.3, -0.25) is 14.1 Å². The molecule has 18 heavy (non-hydrogen) atoms. The Balaban J connectivity index is 1.80. The minimum absolute atomic E-state index is 0.00459. The summed E-state index contributed by atoms with van der Waals surface area (Å²) in [5.41, 5.74) is 6.74. The molecule has 3 rings (SSSR count). The second-order valence-corrected chi connectivity index (χ2v) is 5.63. The van der Waals surface area contributed by atoms with Crippen molar-refractivity contribution >= 4 is 16.3 Å². The number of rotatable bonds is 2. The fourth-order valence-corrected chi connectivity index (χ4v) is 3.05. The summed E-state index contributed by atoms with van der Waals surface area (Å²) in [5.74, 6) is 0. The number of hydrogen-bond acceptors (Lipinski definition) is 5. The number of fused-ring (bicyclic) bond motifs is 1. The van der Waals surface area contributed by atoms with Gasteiger partial charge >= 0.3 is 0 Å². The summed E-state index contributed by atoms with van der Waals surface area (Å²) in [4.78, 5) is 19.4. The zero-order valence-electron chi connectivity index (χ0n) is 10.1. The predicted octanol–water partition coefficient (Wildman–Crippen LogP) is 0.679. The van der Waals surface area contributed by atoms with Crippen molar-refractivity contribution in [3.63, 3.8) is 0 Å². The van der Waals surface area contributed by atoms with Crippen LogP contribution in [-0.2, 0) is 6.54 Å². The van der Waals surface area contributed by atoms with Crippen LogP contribution < -0.4 is 11.3 Å². The van der Waals surface area contributed by atoms with Gasteiger partial charge in [0.25, 0.3) is 5.56 Å². The summed E-state index contributed by atoms with van der Waals surface area (Å²) in [6.07, 6.45) is 3.82. The van der Waals surface area contributed by atoms with Gasteiger partial charge in [0.15, 0.2) is 4.96 Å². The van der Waals surface area contributed by atoms with E-state index in [2.05, 4.69) is 9.88 Å². The standard InChI is InChI=1S/C12H16N4OS/c13-9-1-3-15(4-2-9)8-10-7-11(17)16-5-6-18-12(16)14-10/h5-7,9H,1-4,8,13H2. The van der Waals surface area contributed by atoms with Gasteiger partial charge in [-0.2, -0.15) is 0 Å². The van der Waals surface area contributed by atoms with Gasteiger partial charge < -0.3 is 5.73 Å². The molecular formula is C12H16N4OS. The first-order chi connectivity index (χ1) is 8.72. The Hall–Kier alpha value is -1.24. The Morgan fingerprint density at radius 1 is 1.44 bits per heavy atom. The van der Waals surface area contributed by atoms with E-state index in [1.165, 1.54) is 11.3 Å². The van der Waals surface area contributed by atoms with E-state index in [9.17, 15) is 4.79 Å². The molecule has 3 heterocycles. The lowest BCUT2D eigenvalue weighted by molar-refractivity contribution is 0.203. The molecule has 0 amide bonds. The van der Waals surface area contributed by atoms with E-state index in [1.807, 2.05) is 5.38 Å². The lowest BCUT2D eigenvalue weighted by Crippen LogP contribution is -2.39. The third-order valence-corrected chi connectivity index (χ3v) is 4.13. The van der Waals surface area contributed by atoms with Gasteiger partial charge in [0.05, 0.1) is 5.69 Å².